The number of piperidine rings is 1. The summed E-state index contributed by atoms with van der Waals surface area (Å²) in [6, 6.07) is 12.3. The van der Waals surface area contributed by atoms with Gasteiger partial charge < -0.3 is 9.47 Å². The molecule has 0 spiro atoms. The Morgan fingerprint density at radius 3 is 2.53 bits per heavy atom. The lowest BCUT2D eigenvalue weighted by molar-refractivity contribution is 0.0595. The molecule has 1 saturated heterocycles. The smallest absolute Gasteiger partial charge is 0.253 e. The maximum atomic E-state index is 13.1. The number of pyridine rings is 1. The zero-order valence-electron chi connectivity index (χ0n) is 16.2. The number of amides is 1. The number of rotatable bonds is 2. The highest BCUT2D eigenvalue weighted by molar-refractivity contribution is 5.94. The van der Waals surface area contributed by atoms with Crippen LogP contribution in [0.3, 0.4) is 0 Å². The zero-order chi connectivity index (χ0) is 20.7. The highest BCUT2D eigenvalue weighted by Crippen LogP contribution is 2.39. The van der Waals surface area contributed by atoms with Gasteiger partial charge in [0.1, 0.15) is 6.33 Å². The van der Waals surface area contributed by atoms with Gasteiger partial charge in [-0.1, -0.05) is 0 Å². The number of carbonyl (C=O) groups is 1. The molecule has 7 nitrogen and oxygen atoms in total. The zero-order valence-corrected chi connectivity index (χ0v) is 16.2. The molecule has 7 heteroatoms. The lowest BCUT2D eigenvalue weighted by Gasteiger charge is -2.43. The van der Waals surface area contributed by atoms with Crippen LogP contribution in [0.25, 0.3) is 11.1 Å². The van der Waals surface area contributed by atoms with E-state index in [4.69, 9.17) is 5.26 Å². The maximum Gasteiger partial charge on any atom is 0.253 e. The lowest BCUT2D eigenvalue weighted by atomic mass is 9.80. The SMILES string of the molecule is N#Cc1ccc(C(=O)N2C[C@H]3C[C@H](C2)c2c(-c4cncnc4)ccc(=O)n2C3)cc1. The number of hydrogen-bond acceptors (Lipinski definition) is 5. The number of aromatic nitrogens is 3. The molecule has 30 heavy (non-hydrogen) atoms. The average molecular weight is 397 g/mol. The Balaban J connectivity index is 1.51. The first kappa shape index (κ1) is 18.3. The predicted octanol–water partition coefficient (Wildman–Crippen LogP) is 2.44. The van der Waals surface area contributed by atoms with Crippen molar-refractivity contribution in [2.75, 3.05) is 13.1 Å². The molecule has 0 radical (unpaired) electrons. The minimum atomic E-state index is -0.0366. The van der Waals surface area contributed by atoms with Crippen molar-refractivity contribution in [3.63, 3.8) is 0 Å². The van der Waals surface area contributed by atoms with Crippen LogP contribution < -0.4 is 5.56 Å². The number of fused-ring (bicyclic) bond motifs is 4. The number of carbonyl (C=O) groups excluding carboxylic acids is 1. The predicted molar refractivity (Wildman–Crippen MR) is 110 cm³/mol. The third-order valence-electron chi connectivity index (χ3n) is 6.01. The Hall–Kier alpha value is -3.79. The molecule has 0 N–H and O–H groups in total. The van der Waals surface area contributed by atoms with Gasteiger partial charge in [0.15, 0.2) is 0 Å². The summed E-state index contributed by atoms with van der Waals surface area (Å²) >= 11 is 0. The van der Waals surface area contributed by atoms with E-state index in [-0.39, 0.29) is 23.3 Å². The number of likely N-dealkylation sites (tertiary alicyclic amines) is 1. The summed E-state index contributed by atoms with van der Waals surface area (Å²) in [7, 11) is 0. The van der Waals surface area contributed by atoms with Gasteiger partial charge in [-0.2, -0.15) is 5.26 Å². The summed E-state index contributed by atoms with van der Waals surface area (Å²) in [6.45, 7) is 1.78. The Morgan fingerprint density at radius 2 is 1.80 bits per heavy atom. The molecular weight excluding hydrogens is 378 g/mol. The molecule has 4 heterocycles. The second-order valence-corrected chi connectivity index (χ2v) is 7.91. The third-order valence-corrected chi connectivity index (χ3v) is 6.01. The highest BCUT2D eigenvalue weighted by atomic mass is 16.2. The Labute approximate surface area is 173 Å². The van der Waals surface area contributed by atoms with Gasteiger partial charge in [0.25, 0.3) is 11.5 Å². The van der Waals surface area contributed by atoms with Crippen molar-refractivity contribution in [3.05, 3.63) is 82.3 Å². The van der Waals surface area contributed by atoms with Gasteiger partial charge in [0, 0.05) is 66.4 Å². The van der Waals surface area contributed by atoms with Crippen molar-refractivity contribution in [2.45, 2.75) is 18.9 Å². The van der Waals surface area contributed by atoms with Crippen molar-refractivity contribution in [1.82, 2.24) is 19.4 Å². The number of benzene rings is 1. The van der Waals surface area contributed by atoms with Crippen LogP contribution in [-0.4, -0.2) is 38.4 Å². The lowest BCUT2D eigenvalue weighted by Crippen LogP contribution is -2.49. The molecule has 1 aromatic carbocycles. The Kier molecular flexibility index (Phi) is 4.40. The summed E-state index contributed by atoms with van der Waals surface area (Å²) in [4.78, 5) is 35.8. The van der Waals surface area contributed by atoms with Crippen LogP contribution in [0, 0.1) is 17.2 Å². The standard InChI is InChI=1S/C23H19N5O2/c24-8-15-1-3-17(4-2-15)23(30)27-11-16-7-18(13-27)22-20(19-9-25-14-26-10-19)5-6-21(29)28(22)12-16/h1-6,9-10,14,16,18H,7,11-13H2/t16-,18-/m1/s1. The summed E-state index contributed by atoms with van der Waals surface area (Å²) in [6.07, 6.45) is 5.94. The van der Waals surface area contributed by atoms with Crippen LogP contribution >= 0.6 is 0 Å². The van der Waals surface area contributed by atoms with Gasteiger partial charge >= 0.3 is 0 Å². The van der Waals surface area contributed by atoms with Gasteiger partial charge in [0.2, 0.25) is 0 Å². The number of hydrogen-bond donors (Lipinski definition) is 0. The molecule has 2 atom stereocenters. The maximum absolute atomic E-state index is 13.1. The molecular formula is C23H19N5O2. The molecule has 2 aliphatic rings. The summed E-state index contributed by atoms with van der Waals surface area (Å²) < 4.78 is 1.87. The molecule has 0 aliphatic carbocycles. The van der Waals surface area contributed by atoms with Crippen LogP contribution in [0.1, 0.15) is 34.0 Å². The third kappa shape index (κ3) is 3.07. The minimum absolute atomic E-state index is 0.00725. The fourth-order valence-corrected chi connectivity index (χ4v) is 4.73. The number of nitrogens with zero attached hydrogens (tertiary/aromatic N) is 5. The van der Waals surface area contributed by atoms with Crippen LogP contribution in [0.15, 0.2) is 59.9 Å². The monoisotopic (exact) mass is 397 g/mol. The van der Waals surface area contributed by atoms with E-state index in [0.29, 0.717) is 30.8 Å². The van der Waals surface area contributed by atoms with Crippen molar-refractivity contribution < 1.29 is 4.79 Å². The Morgan fingerprint density at radius 1 is 1.03 bits per heavy atom. The average Bonchev–Trinajstić information content (AvgIpc) is 2.80. The van der Waals surface area contributed by atoms with Crippen molar-refractivity contribution in [3.8, 4) is 17.2 Å². The molecule has 1 fully saturated rings. The van der Waals surface area contributed by atoms with Crippen LogP contribution in [0.4, 0.5) is 0 Å². The van der Waals surface area contributed by atoms with Gasteiger partial charge in [0.05, 0.1) is 11.6 Å². The molecule has 0 saturated carbocycles. The summed E-state index contributed by atoms with van der Waals surface area (Å²) in [5.74, 6) is 0.271. The van der Waals surface area contributed by atoms with Gasteiger partial charge in [-0.05, 0) is 42.7 Å². The van der Waals surface area contributed by atoms with E-state index in [2.05, 4.69) is 16.0 Å². The van der Waals surface area contributed by atoms with Crippen LogP contribution in [0.5, 0.6) is 0 Å². The minimum Gasteiger partial charge on any atom is -0.338 e. The molecule has 2 aliphatic heterocycles. The van der Waals surface area contributed by atoms with Gasteiger partial charge in [-0.15, -0.1) is 0 Å². The second kappa shape index (κ2) is 7.23. The van der Waals surface area contributed by atoms with Gasteiger partial charge in [-0.3, -0.25) is 9.59 Å². The van der Waals surface area contributed by atoms with Gasteiger partial charge in [-0.25, -0.2) is 9.97 Å². The molecule has 2 bridgehead atoms. The fourth-order valence-electron chi connectivity index (χ4n) is 4.73. The van der Waals surface area contributed by atoms with E-state index in [0.717, 1.165) is 23.2 Å². The van der Waals surface area contributed by atoms with Crippen LogP contribution in [-0.2, 0) is 6.54 Å². The normalized spacial score (nSPS) is 19.6. The van der Waals surface area contributed by atoms with E-state index in [1.807, 2.05) is 15.5 Å². The first-order valence-electron chi connectivity index (χ1n) is 9.92. The first-order valence-corrected chi connectivity index (χ1v) is 9.92. The molecule has 2 aromatic heterocycles. The molecule has 5 rings (SSSR count). The number of nitriles is 1. The topological polar surface area (TPSA) is 91.9 Å². The Bertz CT molecular complexity index is 1210. The summed E-state index contributed by atoms with van der Waals surface area (Å²) in [5.41, 5.74) is 3.89. The van der Waals surface area contributed by atoms with E-state index in [1.54, 1.807) is 42.7 Å². The van der Waals surface area contributed by atoms with E-state index in [9.17, 15) is 9.59 Å². The summed E-state index contributed by atoms with van der Waals surface area (Å²) in [5, 5.41) is 8.98. The largest absolute Gasteiger partial charge is 0.338 e. The quantitative estimate of drug-likeness (QED) is 0.662. The van der Waals surface area contributed by atoms with E-state index < -0.39 is 0 Å². The molecule has 3 aromatic rings. The highest BCUT2D eigenvalue weighted by Gasteiger charge is 2.38. The van der Waals surface area contributed by atoms with E-state index in [1.165, 1.54) is 6.33 Å². The molecule has 1 amide bonds. The first-order chi connectivity index (χ1) is 14.6. The van der Waals surface area contributed by atoms with E-state index >= 15 is 0 Å². The molecule has 0 unspecified atom stereocenters. The van der Waals surface area contributed by atoms with Crippen LogP contribution in [0.2, 0.25) is 0 Å². The van der Waals surface area contributed by atoms with Crippen molar-refractivity contribution in [2.24, 2.45) is 5.92 Å². The second-order valence-electron chi connectivity index (χ2n) is 7.91. The van der Waals surface area contributed by atoms with Crippen molar-refractivity contribution in [1.29, 1.82) is 5.26 Å². The van der Waals surface area contributed by atoms with Crippen molar-refractivity contribution >= 4 is 5.91 Å². The molecule has 148 valence electrons. The fraction of sp³-hybridized carbons (Fsp3) is 0.261.